The van der Waals surface area contributed by atoms with Crippen molar-refractivity contribution in [2.45, 2.75) is 6.36 Å². The Labute approximate surface area is 106 Å². The first-order valence-electron chi connectivity index (χ1n) is 4.92. The number of ether oxygens (including phenoxy) is 1. The predicted molar refractivity (Wildman–Crippen MR) is 61.4 cm³/mol. The molecular formula is C12H7ClF3NO. The lowest BCUT2D eigenvalue weighted by atomic mass is 10.1. The Morgan fingerprint density at radius 2 is 1.78 bits per heavy atom. The van der Waals surface area contributed by atoms with Gasteiger partial charge < -0.3 is 4.74 Å². The normalized spacial score (nSPS) is 11.3. The molecule has 0 fully saturated rings. The second-order valence-corrected chi connectivity index (χ2v) is 3.81. The van der Waals surface area contributed by atoms with E-state index in [1.54, 1.807) is 6.07 Å². The van der Waals surface area contributed by atoms with Crippen molar-refractivity contribution in [1.82, 2.24) is 4.98 Å². The van der Waals surface area contributed by atoms with Crippen LogP contribution in [0.5, 0.6) is 5.75 Å². The maximum Gasteiger partial charge on any atom is 0.573 e. The van der Waals surface area contributed by atoms with Gasteiger partial charge in [-0.05, 0) is 12.1 Å². The summed E-state index contributed by atoms with van der Waals surface area (Å²) in [6.07, 6.45) is -1.90. The Morgan fingerprint density at radius 3 is 2.44 bits per heavy atom. The SMILES string of the molecule is FC(F)(F)Oc1ccccc1-c1cnccc1Cl. The molecule has 0 saturated heterocycles. The fourth-order valence-electron chi connectivity index (χ4n) is 1.48. The van der Waals surface area contributed by atoms with E-state index in [0.29, 0.717) is 10.6 Å². The fraction of sp³-hybridized carbons (Fsp3) is 0.0833. The summed E-state index contributed by atoms with van der Waals surface area (Å²) in [7, 11) is 0. The topological polar surface area (TPSA) is 22.1 Å². The van der Waals surface area contributed by atoms with Crippen LogP contribution in [0.1, 0.15) is 0 Å². The molecule has 6 heteroatoms. The molecule has 0 saturated carbocycles. The summed E-state index contributed by atoms with van der Waals surface area (Å²) in [5.41, 5.74) is 0.631. The first-order chi connectivity index (χ1) is 8.47. The Morgan fingerprint density at radius 1 is 1.06 bits per heavy atom. The summed E-state index contributed by atoms with van der Waals surface area (Å²) in [5.74, 6) is -0.306. The molecule has 0 atom stereocenters. The van der Waals surface area contributed by atoms with Gasteiger partial charge in [-0.3, -0.25) is 4.98 Å². The highest BCUT2D eigenvalue weighted by molar-refractivity contribution is 6.33. The van der Waals surface area contributed by atoms with Crippen molar-refractivity contribution in [3.63, 3.8) is 0 Å². The van der Waals surface area contributed by atoms with Gasteiger partial charge >= 0.3 is 6.36 Å². The molecule has 0 aliphatic heterocycles. The van der Waals surface area contributed by atoms with Crippen molar-refractivity contribution in [2.24, 2.45) is 0 Å². The van der Waals surface area contributed by atoms with Crippen LogP contribution in [-0.4, -0.2) is 11.3 Å². The Kier molecular flexibility index (Phi) is 3.43. The lowest BCUT2D eigenvalue weighted by Gasteiger charge is -2.13. The molecule has 0 aliphatic carbocycles. The van der Waals surface area contributed by atoms with Gasteiger partial charge in [-0.2, -0.15) is 0 Å². The van der Waals surface area contributed by atoms with Crippen LogP contribution in [-0.2, 0) is 0 Å². The van der Waals surface area contributed by atoms with E-state index in [2.05, 4.69) is 9.72 Å². The van der Waals surface area contributed by atoms with Gasteiger partial charge in [-0.1, -0.05) is 29.8 Å². The zero-order valence-corrected chi connectivity index (χ0v) is 9.66. The lowest BCUT2D eigenvalue weighted by molar-refractivity contribution is -0.274. The second kappa shape index (κ2) is 4.86. The van der Waals surface area contributed by atoms with Crippen LogP contribution in [0.2, 0.25) is 5.02 Å². The van der Waals surface area contributed by atoms with Gasteiger partial charge in [0.15, 0.2) is 0 Å². The highest BCUT2D eigenvalue weighted by Gasteiger charge is 2.32. The molecular weight excluding hydrogens is 267 g/mol. The molecule has 0 unspecified atom stereocenters. The zero-order chi connectivity index (χ0) is 13.2. The maximum absolute atomic E-state index is 12.3. The lowest BCUT2D eigenvalue weighted by Crippen LogP contribution is -2.17. The van der Waals surface area contributed by atoms with Gasteiger partial charge in [0, 0.05) is 23.5 Å². The van der Waals surface area contributed by atoms with Crippen LogP contribution in [0, 0.1) is 0 Å². The number of alkyl halides is 3. The minimum absolute atomic E-state index is 0.243. The number of hydrogen-bond acceptors (Lipinski definition) is 2. The molecule has 1 aromatic heterocycles. The Hall–Kier alpha value is -1.75. The minimum Gasteiger partial charge on any atom is -0.405 e. The molecule has 2 rings (SSSR count). The first kappa shape index (κ1) is 12.7. The molecule has 0 aliphatic rings. The number of halogens is 4. The molecule has 0 bridgehead atoms. The molecule has 1 heterocycles. The van der Waals surface area contributed by atoms with Gasteiger partial charge in [0.05, 0.1) is 5.02 Å². The fourth-order valence-corrected chi connectivity index (χ4v) is 1.69. The number of nitrogens with zero attached hydrogens (tertiary/aromatic N) is 1. The maximum atomic E-state index is 12.3. The third-order valence-electron chi connectivity index (χ3n) is 2.17. The quantitative estimate of drug-likeness (QED) is 0.814. The van der Waals surface area contributed by atoms with Crippen molar-refractivity contribution < 1.29 is 17.9 Å². The molecule has 0 amide bonds. The Bertz CT molecular complexity index is 557. The molecule has 0 N–H and O–H groups in total. The summed E-state index contributed by atoms with van der Waals surface area (Å²) in [4.78, 5) is 3.84. The number of para-hydroxylation sites is 1. The van der Waals surface area contributed by atoms with E-state index in [1.807, 2.05) is 0 Å². The third kappa shape index (κ3) is 2.92. The molecule has 1 aromatic carbocycles. The van der Waals surface area contributed by atoms with Crippen molar-refractivity contribution in [3.05, 3.63) is 47.7 Å². The zero-order valence-electron chi connectivity index (χ0n) is 8.91. The summed E-state index contributed by atoms with van der Waals surface area (Å²) in [6, 6.07) is 7.27. The number of aromatic nitrogens is 1. The van der Waals surface area contributed by atoms with Crippen molar-refractivity contribution >= 4 is 11.6 Å². The van der Waals surface area contributed by atoms with Crippen molar-refractivity contribution in [3.8, 4) is 16.9 Å². The number of hydrogen-bond donors (Lipinski definition) is 0. The highest BCUT2D eigenvalue weighted by Crippen LogP contribution is 2.36. The summed E-state index contributed by atoms with van der Waals surface area (Å²) in [5, 5.41) is 0.309. The monoisotopic (exact) mass is 273 g/mol. The van der Waals surface area contributed by atoms with E-state index >= 15 is 0 Å². The van der Waals surface area contributed by atoms with E-state index in [0.717, 1.165) is 0 Å². The summed E-state index contributed by atoms with van der Waals surface area (Å²) in [6.45, 7) is 0. The summed E-state index contributed by atoms with van der Waals surface area (Å²) < 4.78 is 40.8. The molecule has 2 aromatic rings. The molecule has 0 radical (unpaired) electrons. The van der Waals surface area contributed by atoms with Crippen LogP contribution < -0.4 is 4.74 Å². The molecule has 2 nitrogen and oxygen atoms in total. The number of benzene rings is 1. The smallest absolute Gasteiger partial charge is 0.405 e. The standard InChI is InChI=1S/C12H7ClF3NO/c13-10-5-6-17-7-9(10)8-3-1-2-4-11(8)18-12(14,15)16/h1-7H. The van der Waals surface area contributed by atoms with Gasteiger partial charge in [0.2, 0.25) is 0 Å². The summed E-state index contributed by atoms with van der Waals surface area (Å²) >= 11 is 5.93. The van der Waals surface area contributed by atoms with Gasteiger partial charge in [-0.25, -0.2) is 0 Å². The number of pyridine rings is 1. The molecule has 94 valence electrons. The van der Waals surface area contributed by atoms with E-state index < -0.39 is 6.36 Å². The Balaban J connectivity index is 2.49. The number of rotatable bonds is 2. The molecule has 18 heavy (non-hydrogen) atoms. The largest absolute Gasteiger partial charge is 0.573 e. The van der Waals surface area contributed by atoms with E-state index in [1.165, 1.54) is 36.7 Å². The van der Waals surface area contributed by atoms with Gasteiger partial charge in [-0.15, -0.1) is 13.2 Å². The van der Waals surface area contributed by atoms with Gasteiger partial charge in [0.25, 0.3) is 0 Å². The van der Waals surface area contributed by atoms with E-state index in [9.17, 15) is 13.2 Å². The van der Waals surface area contributed by atoms with E-state index in [4.69, 9.17) is 11.6 Å². The highest BCUT2D eigenvalue weighted by atomic mass is 35.5. The van der Waals surface area contributed by atoms with Crippen molar-refractivity contribution in [1.29, 1.82) is 0 Å². The van der Waals surface area contributed by atoms with Crippen molar-refractivity contribution in [2.75, 3.05) is 0 Å². The molecule has 0 spiro atoms. The third-order valence-corrected chi connectivity index (χ3v) is 2.50. The average Bonchev–Trinajstić information content (AvgIpc) is 2.29. The van der Waals surface area contributed by atoms with Gasteiger partial charge in [0.1, 0.15) is 5.75 Å². The van der Waals surface area contributed by atoms with Crippen LogP contribution in [0.3, 0.4) is 0 Å². The van der Waals surface area contributed by atoms with Crippen LogP contribution >= 0.6 is 11.6 Å². The van der Waals surface area contributed by atoms with Crippen LogP contribution in [0.15, 0.2) is 42.7 Å². The second-order valence-electron chi connectivity index (χ2n) is 3.40. The van der Waals surface area contributed by atoms with E-state index in [-0.39, 0.29) is 11.3 Å². The van der Waals surface area contributed by atoms with Crippen LogP contribution in [0.25, 0.3) is 11.1 Å². The first-order valence-corrected chi connectivity index (χ1v) is 5.30. The predicted octanol–water partition coefficient (Wildman–Crippen LogP) is 4.30. The van der Waals surface area contributed by atoms with Crippen LogP contribution in [0.4, 0.5) is 13.2 Å². The average molecular weight is 274 g/mol. The minimum atomic E-state index is -4.75.